The largest absolute Gasteiger partial charge is 0.398 e. The highest BCUT2D eigenvalue weighted by atomic mass is 32.2. The van der Waals surface area contributed by atoms with E-state index in [2.05, 4.69) is 54.4 Å². The molecule has 0 fully saturated rings. The van der Waals surface area contributed by atoms with Gasteiger partial charge in [-0.1, -0.05) is 38.6 Å². The monoisotopic (exact) mass is 403 g/mol. The summed E-state index contributed by atoms with van der Waals surface area (Å²) in [5.74, 6) is 1.07. The molecule has 0 saturated heterocycles. The van der Waals surface area contributed by atoms with Crippen molar-refractivity contribution in [3.63, 3.8) is 0 Å². The molecule has 0 radical (unpaired) electrons. The Morgan fingerprint density at radius 1 is 1.10 bits per heavy atom. The molecule has 0 saturated carbocycles. The molecular weight excluding hydrogens is 378 g/mol. The second-order valence-corrected chi connectivity index (χ2v) is 7.78. The number of nitrogens with two attached hydrogens (primary N) is 2. The molecule has 1 aromatic heterocycles. The van der Waals surface area contributed by atoms with E-state index >= 15 is 0 Å². The van der Waals surface area contributed by atoms with Gasteiger partial charge in [0.15, 0.2) is 0 Å². The van der Waals surface area contributed by atoms with E-state index < -0.39 is 0 Å². The number of rotatable bonds is 6. The van der Waals surface area contributed by atoms with Gasteiger partial charge in [-0.05, 0) is 59.8 Å². The molecule has 6 heteroatoms. The van der Waals surface area contributed by atoms with Crippen molar-refractivity contribution in [3.05, 3.63) is 90.4 Å². The number of amidine groups is 1. The first-order chi connectivity index (χ1) is 13.9. The van der Waals surface area contributed by atoms with Gasteiger partial charge in [0.25, 0.3) is 0 Å². The number of fused-ring (bicyclic) bond motifs is 1. The Bertz CT molecular complexity index is 1060. The molecule has 2 aromatic carbocycles. The fraction of sp³-hybridized carbons (Fsp3) is 0.130. The van der Waals surface area contributed by atoms with E-state index in [4.69, 9.17) is 16.5 Å². The van der Waals surface area contributed by atoms with Gasteiger partial charge in [-0.3, -0.25) is 4.98 Å². The lowest BCUT2D eigenvalue weighted by Gasteiger charge is -2.10. The van der Waals surface area contributed by atoms with Crippen LogP contribution in [0.3, 0.4) is 0 Å². The second-order valence-electron chi connectivity index (χ2n) is 6.90. The summed E-state index contributed by atoms with van der Waals surface area (Å²) in [6, 6.07) is 18.1. The molecule has 1 heterocycles. The van der Waals surface area contributed by atoms with Gasteiger partial charge in [0.1, 0.15) is 5.84 Å². The van der Waals surface area contributed by atoms with Crippen LogP contribution in [0.25, 0.3) is 10.9 Å². The Kier molecular flexibility index (Phi) is 6.57. The first-order valence-electron chi connectivity index (χ1n) is 9.31. The van der Waals surface area contributed by atoms with Gasteiger partial charge >= 0.3 is 0 Å². The molecular formula is C23H25N5S. The summed E-state index contributed by atoms with van der Waals surface area (Å²) in [4.78, 5) is 10.2. The molecule has 3 aromatic rings. The van der Waals surface area contributed by atoms with E-state index in [-0.39, 0.29) is 0 Å². The maximum Gasteiger partial charge on any atom is 0.138 e. The van der Waals surface area contributed by atoms with Crippen LogP contribution in [0, 0.1) is 0 Å². The number of hydrogen-bond acceptors (Lipinski definition) is 5. The maximum absolute atomic E-state index is 6.00. The second kappa shape index (κ2) is 9.30. The summed E-state index contributed by atoms with van der Waals surface area (Å²) >= 11 is 1.46. The van der Waals surface area contributed by atoms with Crippen molar-refractivity contribution >= 4 is 34.4 Å². The minimum Gasteiger partial charge on any atom is -0.398 e. The van der Waals surface area contributed by atoms with Crippen molar-refractivity contribution in [3.8, 4) is 0 Å². The van der Waals surface area contributed by atoms with Crippen molar-refractivity contribution < 1.29 is 0 Å². The van der Waals surface area contributed by atoms with Crippen LogP contribution in [0.5, 0.6) is 0 Å². The number of hydrogen-bond donors (Lipinski definition) is 3. The molecule has 0 aliphatic carbocycles. The van der Waals surface area contributed by atoms with Crippen LogP contribution in [0.4, 0.5) is 5.69 Å². The van der Waals surface area contributed by atoms with Gasteiger partial charge in [0.05, 0.1) is 16.9 Å². The van der Waals surface area contributed by atoms with Gasteiger partial charge in [-0.25, -0.2) is 4.99 Å². The number of nitrogens with one attached hydrogen (secondary N) is 1. The quantitative estimate of drug-likeness (QED) is 0.233. The molecule has 0 aliphatic heterocycles. The lowest BCUT2D eigenvalue weighted by molar-refractivity contribution is 0.865. The smallest absolute Gasteiger partial charge is 0.138 e. The third kappa shape index (κ3) is 5.39. The fourth-order valence-electron chi connectivity index (χ4n) is 2.67. The Morgan fingerprint density at radius 3 is 2.55 bits per heavy atom. The van der Waals surface area contributed by atoms with Crippen LogP contribution >= 0.6 is 11.9 Å². The SMILES string of the molecule is C=C(N)C(N)=CC(=Nc1cccc2ncccc12)NSc1ccc(C(C)C)cc1. The molecule has 148 valence electrons. The van der Waals surface area contributed by atoms with Crippen LogP contribution in [0.2, 0.25) is 0 Å². The van der Waals surface area contributed by atoms with E-state index in [1.807, 2.05) is 30.3 Å². The van der Waals surface area contributed by atoms with E-state index in [1.54, 1.807) is 12.3 Å². The van der Waals surface area contributed by atoms with Crippen LogP contribution in [-0.4, -0.2) is 10.8 Å². The number of pyridine rings is 1. The average Bonchev–Trinajstić information content (AvgIpc) is 2.72. The topological polar surface area (TPSA) is 89.3 Å². The molecule has 29 heavy (non-hydrogen) atoms. The van der Waals surface area contributed by atoms with Crippen LogP contribution in [0.1, 0.15) is 25.3 Å². The lowest BCUT2D eigenvalue weighted by Crippen LogP contribution is -2.17. The predicted molar refractivity (Wildman–Crippen MR) is 124 cm³/mol. The average molecular weight is 404 g/mol. The molecule has 3 rings (SSSR count). The molecule has 0 aliphatic rings. The minimum atomic E-state index is 0.297. The van der Waals surface area contributed by atoms with Gasteiger partial charge in [0.2, 0.25) is 0 Å². The standard InChI is InChI=1S/C23H25N5S/c1-15(2)17-9-11-18(12-10-17)29-28-23(14-20(25)16(3)24)27-22-8-4-7-21-19(22)6-5-13-26-21/h4-15H,3,24-25H2,1-2H3,(H,27,28). The van der Waals surface area contributed by atoms with Gasteiger partial charge in [-0.15, -0.1) is 0 Å². The normalized spacial score (nSPS) is 12.4. The third-order valence-electron chi connectivity index (χ3n) is 4.35. The van der Waals surface area contributed by atoms with Gasteiger partial charge in [0, 0.05) is 28.3 Å². The van der Waals surface area contributed by atoms with Crippen molar-refractivity contribution in [1.29, 1.82) is 0 Å². The van der Waals surface area contributed by atoms with Crippen LogP contribution in [0.15, 0.2) is 94.7 Å². The Hall–Kier alpha value is -3.25. The number of nitrogens with zero attached hydrogens (tertiary/aromatic N) is 2. The zero-order valence-corrected chi connectivity index (χ0v) is 17.4. The molecule has 5 nitrogen and oxygen atoms in total. The minimum absolute atomic E-state index is 0.297. The Labute approximate surface area is 175 Å². The third-order valence-corrected chi connectivity index (χ3v) is 5.17. The summed E-state index contributed by atoms with van der Waals surface area (Å²) < 4.78 is 3.28. The zero-order valence-electron chi connectivity index (χ0n) is 16.6. The first-order valence-corrected chi connectivity index (χ1v) is 10.1. The summed E-state index contributed by atoms with van der Waals surface area (Å²) in [7, 11) is 0. The number of aromatic nitrogens is 1. The maximum atomic E-state index is 6.00. The molecule has 0 amide bonds. The first kappa shape index (κ1) is 20.5. The fourth-order valence-corrected chi connectivity index (χ4v) is 3.27. The predicted octanol–water partition coefficient (Wildman–Crippen LogP) is 5.00. The summed E-state index contributed by atoms with van der Waals surface area (Å²) in [5, 5.41) is 0.958. The zero-order chi connectivity index (χ0) is 20.8. The molecule has 5 N–H and O–H groups in total. The van der Waals surface area contributed by atoms with Crippen molar-refractivity contribution in [1.82, 2.24) is 9.71 Å². The van der Waals surface area contributed by atoms with Gasteiger partial charge in [-0.2, -0.15) is 0 Å². The number of aliphatic imine (C=N–C) groups is 1. The molecule has 0 spiro atoms. The van der Waals surface area contributed by atoms with E-state index in [0.717, 1.165) is 21.5 Å². The lowest BCUT2D eigenvalue weighted by atomic mass is 10.0. The Morgan fingerprint density at radius 2 is 1.86 bits per heavy atom. The van der Waals surface area contributed by atoms with Crippen LogP contribution in [-0.2, 0) is 0 Å². The highest BCUT2D eigenvalue weighted by Gasteiger charge is 2.05. The van der Waals surface area contributed by atoms with Crippen molar-refractivity contribution in [2.75, 3.05) is 0 Å². The number of benzene rings is 2. The van der Waals surface area contributed by atoms with E-state index in [0.29, 0.717) is 23.1 Å². The van der Waals surface area contributed by atoms with Crippen LogP contribution < -0.4 is 16.2 Å². The van der Waals surface area contributed by atoms with E-state index in [9.17, 15) is 0 Å². The highest BCUT2D eigenvalue weighted by Crippen LogP contribution is 2.25. The molecule has 0 bridgehead atoms. The highest BCUT2D eigenvalue weighted by molar-refractivity contribution is 7.98. The summed E-state index contributed by atoms with van der Waals surface area (Å²) in [6.07, 6.45) is 3.45. The summed E-state index contributed by atoms with van der Waals surface area (Å²) in [6.45, 7) is 8.05. The van der Waals surface area contributed by atoms with Gasteiger partial charge < -0.3 is 16.2 Å². The summed E-state index contributed by atoms with van der Waals surface area (Å²) in [5.41, 5.74) is 15.4. The molecule has 0 unspecified atom stereocenters. The van der Waals surface area contributed by atoms with Crippen molar-refractivity contribution in [2.45, 2.75) is 24.7 Å². The van der Waals surface area contributed by atoms with Crippen molar-refractivity contribution in [2.24, 2.45) is 16.5 Å². The molecule has 0 atom stereocenters. The van der Waals surface area contributed by atoms with E-state index in [1.165, 1.54) is 17.5 Å². The Balaban J connectivity index is 1.91.